The second-order valence-electron chi connectivity index (χ2n) is 8.09. The number of carboxylic acids is 1. The van der Waals surface area contributed by atoms with E-state index in [4.69, 9.17) is 5.11 Å². The van der Waals surface area contributed by atoms with Crippen LogP contribution in [0.2, 0.25) is 0 Å². The molecule has 0 fully saturated rings. The first-order valence-electron chi connectivity index (χ1n) is 10.5. The maximum atomic E-state index is 13.7. The molecule has 11 heteroatoms. The third-order valence-electron chi connectivity index (χ3n) is 5.95. The van der Waals surface area contributed by atoms with Gasteiger partial charge in [0.25, 0.3) is 5.91 Å². The normalized spacial score (nSPS) is 16.8. The van der Waals surface area contributed by atoms with Gasteiger partial charge in [-0.05, 0) is 50.7 Å². The number of carboxylic acid groups (broad SMARTS) is 1. The van der Waals surface area contributed by atoms with Gasteiger partial charge in [0.05, 0.1) is 28.1 Å². The molecule has 34 heavy (non-hydrogen) atoms. The number of halogens is 6. The van der Waals surface area contributed by atoms with Gasteiger partial charge in [-0.25, -0.2) is 4.79 Å². The number of hydrogen-bond acceptors (Lipinski definition) is 3. The summed E-state index contributed by atoms with van der Waals surface area (Å²) in [4.78, 5) is 24.4. The average Bonchev–Trinajstić information content (AvgIpc) is 3.16. The summed E-state index contributed by atoms with van der Waals surface area (Å²) in [6.45, 7) is 0. The number of benzene rings is 1. The maximum absolute atomic E-state index is 13.7. The molecular weight excluding hydrogens is 466 g/mol. The van der Waals surface area contributed by atoms with Crippen LogP contribution in [0.3, 0.4) is 0 Å². The summed E-state index contributed by atoms with van der Waals surface area (Å²) < 4.78 is 82.6. The van der Waals surface area contributed by atoms with Gasteiger partial charge >= 0.3 is 18.3 Å². The molecule has 1 aromatic carbocycles. The standard InChI is InChI=1S/C23H18F6N2O3/c24-22(25,26)15-5-3-6-16(23(27,28)29)18(15)20(32)31-17-7-2-1-4-14(17)19(30-31)12-8-10-13(11-9-12)21(33)34/h5,8-11H,1-4,6-7H2,(H,33,34). The van der Waals surface area contributed by atoms with E-state index in [1.54, 1.807) is 0 Å². The molecule has 2 aliphatic rings. The number of fused-ring (bicyclic) bond motifs is 1. The van der Waals surface area contributed by atoms with Crippen molar-refractivity contribution in [3.8, 4) is 11.3 Å². The number of allylic oxidation sites excluding steroid dienone is 4. The predicted octanol–water partition coefficient (Wildman–Crippen LogP) is 5.91. The molecule has 0 saturated carbocycles. The molecule has 2 aliphatic carbocycles. The number of hydrogen-bond donors (Lipinski definition) is 1. The van der Waals surface area contributed by atoms with Gasteiger partial charge in [0.1, 0.15) is 0 Å². The summed E-state index contributed by atoms with van der Waals surface area (Å²) in [6, 6.07) is 5.50. The Balaban J connectivity index is 1.88. The lowest BCUT2D eigenvalue weighted by atomic mass is 9.88. The highest BCUT2D eigenvalue weighted by atomic mass is 19.4. The Morgan fingerprint density at radius 3 is 2.15 bits per heavy atom. The van der Waals surface area contributed by atoms with Crippen LogP contribution in [0.5, 0.6) is 0 Å². The van der Waals surface area contributed by atoms with Crippen LogP contribution in [-0.4, -0.2) is 39.1 Å². The average molecular weight is 484 g/mol. The number of rotatable bonds is 3. The zero-order valence-corrected chi connectivity index (χ0v) is 17.6. The SMILES string of the molecule is O=C(O)c1ccc(-c2nn(C(=O)C3=C(C(F)(F)F)CCC=C3C(F)(F)F)c3c2CCCC3)cc1. The molecule has 1 aromatic heterocycles. The fourth-order valence-corrected chi connectivity index (χ4v) is 4.41. The van der Waals surface area contributed by atoms with Crippen molar-refractivity contribution < 1.29 is 41.0 Å². The molecular formula is C23H18F6N2O3. The van der Waals surface area contributed by atoms with Crippen LogP contribution in [-0.2, 0) is 12.8 Å². The van der Waals surface area contributed by atoms with E-state index < -0.39 is 53.8 Å². The summed E-state index contributed by atoms with van der Waals surface area (Å²) in [5, 5.41) is 13.3. The van der Waals surface area contributed by atoms with Crippen LogP contribution in [0, 0.1) is 0 Å². The van der Waals surface area contributed by atoms with Crippen molar-refractivity contribution in [2.24, 2.45) is 0 Å². The quantitative estimate of drug-likeness (QED) is 0.550. The second-order valence-corrected chi connectivity index (χ2v) is 8.09. The van der Waals surface area contributed by atoms with Crippen LogP contribution in [0.1, 0.15) is 52.1 Å². The molecule has 5 nitrogen and oxygen atoms in total. The lowest BCUT2D eigenvalue weighted by molar-refractivity contribution is -0.100. The number of carbonyl (C=O) groups is 2. The van der Waals surface area contributed by atoms with Crippen molar-refractivity contribution in [3.63, 3.8) is 0 Å². The van der Waals surface area contributed by atoms with E-state index in [9.17, 15) is 35.9 Å². The predicted molar refractivity (Wildman–Crippen MR) is 108 cm³/mol. The fourth-order valence-electron chi connectivity index (χ4n) is 4.41. The molecule has 0 radical (unpaired) electrons. The Kier molecular flexibility index (Phi) is 5.91. The molecule has 0 atom stereocenters. The smallest absolute Gasteiger partial charge is 0.416 e. The molecule has 0 aliphatic heterocycles. The van der Waals surface area contributed by atoms with Crippen molar-refractivity contribution in [2.45, 2.75) is 50.9 Å². The first-order valence-corrected chi connectivity index (χ1v) is 10.5. The van der Waals surface area contributed by atoms with Crippen LogP contribution >= 0.6 is 0 Å². The summed E-state index contributed by atoms with van der Waals surface area (Å²) in [6.07, 6.45) is -8.87. The minimum atomic E-state index is -5.15. The second kappa shape index (κ2) is 8.44. The van der Waals surface area contributed by atoms with E-state index in [1.807, 2.05) is 0 Å². The summed E-state index contributed by atoms with van der Waals surface area (Å²) in [5.74, 6) is -2.63. The highest BCUT2D eigenvalue weighted by molar-refractivity contribution is 6.01. The number of alkyl halides is 6. The Morgan fingerprint density at radius 2 is 1.56 bits per heavy atom. The van der Waals surface area contributed by atoms with Crippen molar-refractivity contribution in [1.82, 2.24) is 9.78 Å². The van der Waals surface area contributed by atoms with Gasteiger partial charge in [-0.15, -0.1) is 0 Å². The number of aromatic carboxylic acids is 1. The molecule has 0 spiro atoms. The number of nitrogens with zero attached hydrogens (tertiary/aromatic N) is 2. The minimum Gasteiger partial charge on any atom is -0.478 e. The maximum Gasteiger partial charge on any atom is 0.416 e. The van der Waals surface area contributed by atoms with Gasteiger partial charge < -0.3 is 5.11 Å². The van der Waals surface area contributed by atoms with Crippen LogP contribution in [0.25, 0.3) is 11.3 Å². The number of carbonyl (C=O) groups excluding carboxylic acids is 1. The van der Waals surface area contributed by atoms with Crippen molar-refractivity contribution in [2.75, 3.05) is 0 Å². The molecule has 1 N–H and O–H groups in total. The van der Waals surface area contributed by atoms with E-state index in [2.05, 4.69) is 5.10 Å². The van der Waals surface area contributed by atoms with Crippen LogP contribution in [0.15, 0.2) is 47.1 Å². The Bertz CT molecular complexity index is 1220. The monoisotopic (exact) mass is 484 g/mol. The van der Waals surface area contributed by atoms with Gasteiger partial charge in [0, 0.05) is 16.7 Å². The lowest BCUT2D eigenvalue weighted by Gasteiger charge is -2.24. The molecule has 2 aromatic rings. The summed E-state index contributed by atoms with van der Waals surface area (Å²) in [5.41, 5.74) is -3.06. The van der Waals surface area contributed by atoms with Gasteiger partial charge in [-0.1, -0.05) is 18.2 Å². The van der Waals surface area contributed by atoms with Gasteiger partial charge in [0.15, 0.2) is 0 Å². The van der Waals surface area contributed by atoms with Gasteiger partial charge in [-0.2, -0.15) is 36.1 Å². The van der Waals surface area contributed by atoms with Crippen LogP contribution < -0.4 is 0 Å². The van der Waals surface area contributed by atoms with E-state index in [-0.39, 0.29) is 23.4 Å². The zero-order chi connectivity index (χ0) is 24.8. The first kappa shape index (κ1) is 23.8. The van der Waals surface area contributed by atoms with Crippen molar-refractivity contribution in [1.29, 1.82) is 0 Å². The number of aromatic nitrogens is 2. The Hall–Kier alpha value is -3.37. The Morgan fingerprint density at radius 1 is 0.912 bits per heavy atom. The third-order valence-corrected chi connectivity index (χ3v) is 5.95. The first-order chi connectivity index (χ1) is 15.9. The molecule has 0 unspecified atom stereocenters. The molecule has 1 heterocycles. The van der Waals surface area contributed by atoms with Crippen LogP contribution in [0.4, 0.5) is 26.3 Å². The van der Waals surface area contributed by atoms with E-state index >= 15 is 0 Å². The molecule has 180 valence electrons. The highest BCUT2D eigenvalue weighted by Gasteiger charge is 2.47. The molecule has 0 amide bonds. The summed E-state index contributed by atoms with van der Waals surface area (Å²) >= 11 is 0. The lowest BCUT2D eigenvalue weighted by Crippen LogP contribution is -2.31. The fraction of sp³-hybridized carbons (Fsp3) is 0.348. The van der Waals surface area contributed by atoms with E-state index in [0.717, 1.165) is 0 Å². The topological polar surface area (TPSA) is 72.2 Å². The van der Waals surface area contributed by atoms with Gasteiger partial charge in [0.2, 0.25) is 0 Å². The van der Waals surface area contributed by atoms with Crippen molar-refractivity contribution in [3.05, 3.63) is 63.9 Å². The summed E-state index contributed by atoms with van der Waals surface area (Å²) in [7, 11) is 0. The third kappa shape index (κ3) is 4.26. The molecule has 0 bridgehead atoms. The minimum absolute atomic E-state index is 0.00439. The largest absolute Gasteiger partial charge is 0.478 e. The van der Waals surface area contributed by atoms with E-state index in [0.29, 0.717) is 41.1 Å². The molecule has 4 rings (SSSR count). The van der Waals surface area contributed by atoms with Crippen molar-refractivity contribution >= 4 is 11.9 Å². The van der Waals surface area contributed by atoms with E-state index in [1.165, 1.54) is 24.3 Å². The zero-order valence-electron chi connectivity index (χ0n) is 17.6. The highest BCUT2D eigenvalue weighted by Crippen LogP contribution is 2.44. The van der Waals surface area contributed by atoms with Gasteiger partial charge in [-0.3, -0.25) is 4.79 Å². The Labute approximate surface area is 189 Å². The molecule has 0 saturated heterocycles.